The summed E-state index contributed by atoms with van der Waals surface area (Å²) in [6.45, 7) is 7.00. The maximum atomic E-state index is 9.45. The molecule has 0 amide bonds. The van der Waals surface area contributed by atoms with E-state index in [9.17, 15) is 5.11 Å². The van der Waals surface area contributed by atoms with E-state index >= 15 is 0 Å². The first-order valence-electron chi connectivity index (χ1n) is 5.78. The van der Waals surface area contributed by atoms with Crippen molar-refractivity contribution in [2.75, 3.05) is 6.54 Å². The van der Waals surface area contributed by atoms with Gasteiger partial charge in [-0.05, 0) is 36.1 Å². The van der Waals surface area contributed by atoms with E-state index in [4.69, 9.17) is 5.41 Å². The lowest BCUT2D eigenvalue weighted by molar-refractivity contribution is 0.471. The highest BCUT2D eigenvalue weighted by molar-refractivity contribution is 6.08. The van der Waals surface area contributed by atoms with Crippen LogP contribution in [-0.2, 0) is 0 Å². The van der Waals surface area contributed by atoms with Crippen LogP contribution >= 0.6 is 0 Å². The van der Waals surface area contributed by atoms with Crippen LogP contribution in [0.25, 0.3) is 5.57 Å². The molecule has 0 spiro atoms. The Kier molecular flexibility index (Phi) is 4.76. The molecule has 0 unspecified atom stereocenters. The number of hydrogen-bond donors (Lipinski definition) is 3. The number of phenolic OH excluding ortho intramolecular Hbond substituents is 1. The summed E-state index contributed by atoms with van der Waals surface area (Å²) < 4.78 is 0. The molecule has 0 aromatic heterocycles. The topological polar surface area (TPSA) is 56.1 Å². The molecule has 0 heterocycles. The minimum absolute atomic E-state index is 0.285. The number of aryl methyl sites for hydroxylation is 1. The standard InChI is InChI=1S/C14H20N2O/c1-10(2)8-16-9-13(7-15)12-4-5-14(17)11(3)6-12/h4-7,9-10,15-17H,8H2,1-3H3/b13-9+,15-7?. The third kappa shape index (κ3) is 3.94. The van der Waals surface area contributed by atoms with Gasteiger partial charge in [0.15, 0.2) is 0 Å². The zero-order valence-electron chi connectivity index (χ0n) is 10.6. The summed E-state index contributed by atoms with van der Waals surface area (Å²) >= 11 is 0. The first-order chi connectivity index (χ1) is 8.04. The van der Waals surface area contributed by atoms with E-state index in [0.717, 1.165) is 23.2 Å². The number of allylic oxidation sites excluding steroid dienone is 1. The number of hydrogen-bond acceptors (Lipinski definition) is 3. The fourth-order valence-corrected chi connectivity index (χ4v) is 1.45. The van der Waals surface area contributed by atoms with E-state index in [1.807, 2.05) is 25.3 Å². The van der Waals surface area contributed by atoms with Crippen molar-refractivity contribution in [1.29, 1.82) is 5.41 Å². The minimum atomic E-state index is 0.285. The van der Waals surface area contributed by atoms with Crippen LogP contribution in [-0.4, -0.2) is 17.9 Å². The number of nitrogens with one attached hydrogen (secondary N) is 2. The second kappa shape index (κ2) is 6.09. The lowest BCUT2D eigenvalue weighted by Gasteiger charge is -2.08. The second-order valence-corrected chi connectivity index (χ2v) is 4.55. The van der Waals surface area contributed by atoms with Gasteiger partial charge < -0.3 is 15.8 Å². The van der Waals surface area contributed by atoms with Gasteiger partial charge >= 0.3 is 0 Å². The number of benzene rings is 1. The highest BCUT2D eigenvalue weighted by atomic mass is 16.3. The van der Waals surface area contributed by atoms with Crippen molar-refractivity contribution in [3.63, 3.8) is 0 Å². The predicted molar refractivity (Wildman–Crippen MR) is 72.4 cm³/mol. The molecule has 1 rings (SSSR count). The molecule has 0 saturated heterocycles. The Morgan fingerprint density at radius 2 is 2.18 bits per heavy atom. The summed E-state index contributed by atoms with van der Waals surface area (Å²) in [7, 11) is 0. The largest absolute Gasteiger partial charge is 0.508 e. The molecule has 1 aromatic rings. The zero-order chi connectivity index (χ0) is 12.8. The van der Waals surface area contributed by atoms with Crippen molar-refractivity contribution < 1.29 is 5.11 Å². The SMILES string of the molecule is Cc1cc(/C(C=N)=C/NCC(C)C)ccc1O. The van der Waals surface area contributed by atoms with Crippen molar-refractivity contribution in [2.45, 2.75) is 20.8 Å². The van der Waals surface area contributed by atoms with E-state index < -0.39 is 0 Å². The summed E-state index contributed by atoms with van der Waals surface area (Å²) in [6.07, 6.45) is 3.16. The van der Waals surface area contributed by atoms with Gasteiger partial charge in [-0.2, -0.15) is 0 Å². The molecule has 3 N–H and O–H groups in total. The summed E-state index contributed by atoms with van der Waals surface area (Å²) in [5.74, 6) is 0.855. The van der Waals surface area contributed by atoms with Crippen molar-refractivity contribution in [3.8, 4) is 5.75 Å². The molecule has 17 heavy (non-hydrogen) atoms. The summed E-state index contributed by atoms with van der Waals surface area (Å²) in [5, 5.41) is 20.1. The molecule has 3 heteroatoms. The van der Waals surface area contributed by atoms with E-state index in [0.29, 0.717) is 5.92 Å². The molecule has 0 fully saturated rings. The van der Waals surface area contributed by atoms with E-state index in [2.05, 4.69) is 19.2 Å². The van der Waals surface area contributed by atoms with Crippen molar-refractivity contribution >= 4 is 11.8 Å². The van der Waals surface area contributed by atoms with Gasteiger partial charge in [0.05, 0.1) is 0 Å². The van der Waals surface area contributed by atoms with Gasteiger partial charge in [-0.1, -0.05) is 19.9 Å². The maximum Gasteiger partial charge on any atom is 0.118 e. The monoisotopic (exact) mass is 232 g/mol. The van der Waals surface area contributed by atoms with Crippen LogP contribution in [0.1, 0.15) is 25.0 Å². The Hall–Kier alpha value is -1.77. The maximum absolute atomic E-state index is 9.45. The van der Waals surface area contributed by atoms with Gasteiger partial charge in [-0.15, -0.1) is 0 Å². The molecule has 0 atom stereocenters. The smallest absolute Gasteiger partial charge is 0.118 e. The van der Waals surface area contributed by atoms with E-state index in [1.54, 1.807) is 6.07 Å². The van der Waals surface area contributed by atoms with Gasteiger partial charge in [0.1, 0.15) is 5.75 Å². The first-order valence-corrected chi connectivity index (χ1v) is 5.78. The van der Waals surface area contributed by atoms with Crippen molar-refractivity contribution in [2.24, 2.45) is 5.92 Å². The molecule has 3 nitrogen and oxygen atoms in total. The quantitative estimate of drug-likeness (QED) is 0.684. The van der Waals surface area contributed by atoms with Gasteiger partial charge in [0.2, 0.25) is 0 Å². The molecule has 0 aliphatic heterocycles. The molecule has 0 radical (unpaired) electrons. The molecule has 92 valence electrons. The number of aromatic hydroxyl groups is 1. The average molecular weight is 232 g/mol. The van der Waals surface area contributed by atoms with Gasteiger partial charge in [0, 0.05) is 24.5 Å². The van der Waals surface area contributed by atoms with E-state index in [1.165, 1.54) is 6.21 Å². The second-order valence-electron chi connectivity index (χ2n) is 4.55. The van der Waals surface area contributed by atoms with Crippen molar-refractivity contribution in [1.82, 2.24) is 5.32 Å². The first kappa shape index (κ1) is 13.3. The normalized spacial score (nSPS) is 11.6. The molecular formula is C14H20N2O. The van der Waals surface area contributed by atoms with Crippen molar-refractivity contribution in [3.05, 3.63) is 35.5 Å². The molecule has 1 aromatic carbocycles. The Morgan fingerprint density at radius 1 is 1.47 bits per heavy atom. The fraction of sp³-hybridized carbons (Fsp3) is 0.357. The third-order valence-corrected chi connectivity index (χ3v) is 2.47. The van der Waals surface area contributed by atoms with Gasteiger partial charge in [-0.25, -0.2) is 0 Å². The Bertz CT molecular complexity index is 422. The Morgan fingerprint density at radius 3 is 2.71 bits per heavy atom. The molecule has 0 aliphatic rings. The molecule has 0 saturated carbocycles. The molecule has 0 bridgehead atoms. The van der Waals surface area contributed by atoms with Crippen LogP contribution in [0.5, 0.6) is 5.75 Å². The zero-order valence-corrected chi connectivity index (χ0v) is 10.6. The molecule has 0 aliphatic carbocycles. The van der Waals surface area contributed by atoms with Crippen LogP contribution in [0, 0.1) is 18.3 Å². The minimum Gasteiger partial charge on any atom is -0.508 e. The average Bonchev–Trinajstić information content (AvgIpc) is 2.28. The summed E-state index contributed by atoms with van der Waals surface area (Å²) in [6, 6.07) is 5.35. The number of phenols is 1. The summed E-state index contributed by atoms with van der Waals surface area (Å²) in [5.41, 5.74) is 2.57. The Balaban J connectivity index is 2.86. The fourth-order valence-electron chi connectivity index (χ4n) is 1.45. The highest BCUT2D eigenvalue weighted by Gasteiger charge is 2.02. The van der Waals surface area contributed by atoms with Crippen LogP contribution in [0.15, 0.2) is 24.4 Å². The van der Waals surface area contributed by atoms with E-state index in [-0.39, 0.29) is 5.75 Å². The van der Waals surface area contributed by atoms with Crippen LogP contribution in [0.4, 0.5) is 0 Å². The molecular weight excluding hydrogens is 212 g/mol. The Labute approximate surface area is 103 Å². The van der Waals surface area contributed by atoms with Crippen LogP contribution < -0.4 is 5.32 Å². The van der Waals surface area contributed by atoms with Gasteiger partial charge in [0.25, 0.3) is 0 Å². The lowest BCUT2D eigenvalue weighted by Crippen LogP contribution is -2.13. The number of rotatable bonds is 5. The van der Waals surface area contributed by atoms with Crippen LogP contribution in [0.2, 0.25) is 0 Å². The highest BCUT2D eigenvalue weighted by Crippen LogP contribution is 2.20. The van der Waals surface area contributed by atoms with Crippen LogP contribution in [0.3, 0.4) is 0 Å². The lowest BCUT2D eigenvalue weighted by atomic mass is 10.0. The third-order valence-electron chi connectivity index (χ3n) is 2.47. The van der Waals surface area contributed by atoms with Gasteiger partial charge in [-0.3, -0.25) is 0 Å². The summed E-state index contributed by atoms with van der Waals surface area (Å²) in [4.78, 5) is 0. The predicted octanol–water partition coefficient (Wildman–Crippen LogP) is 2.94.